The number of rotatable bonds is 6. The van der Waals surface area contributed by atoms with E-state index in [9.17, 15) is 9.90 Å². The largest absolute Gasteiger partial charge is 0.506 e. The third-order valence-corrected chi connectivity index (χ3v) is 5.86. The average Bonchev–Trinajstić information content (AvgIpc) is 3.32. The van der Waals surface area contributed by atoms with Crippen molar-refractivity contribution in [2.45, 2.75) is 25.3 Å². The third kappa shape index (κ3) is 5.42. The fourth-order valence-corrected chi connectivity index (χ4v) is 4.01. The lowest BCUT2D eigenvalue weighted by molar-refractivity contribution is 0.0646. The molecule has 0 bridgehead atoms. The summed E-state index contributed by atoms with van der Waals surface area (Å²) in [7, 11) is 2.17. The highest BCUT2D eigenvalue weighted by Crippen LogP contribution is 2.24. The van der Waals surface area contributed by atoms with Crippen molar-refractivity contribution in [2.75, 3.05) is 26.7 Å². The van der Waals surface area contributed by atoms with Gasteiger partial charge in [0.25, 0.3) is 5.91 Å². The number of piperidine rings is 1. The van der Waals surface area contributed by atoms with E-state index in [0.717, 1.165) is 38.9 Å². The molecule has 8 heteroatoms. The first kappa shape index (κ1) is 22.8. The van der Waals surface area contributed by atoms with Crippen LogP contribution in [0.1, 0.15) is 28.8 Å². The Morgan fingerprint density at radius 3 is 2.55 bits per heavy atom. The number of benzene rings is 2. The van der Waals surface area contributed by atoms with Crippen LogP contribution in [0.5, 0.6) is 5.75 Å². The van der Waals surface area contributed by atoms with Crippen molar-refractivity contribution < 1.29 is 9.90 Å². The van der Waals surface area contributed by atoms with E-state index < -0.39 is 0 Å². The first-order valence-electron chi connectivity index (χ1n) is 10.3. The van der Waals surface area contributed by atoms with Crippen LogP contribution in [0.15, 0.2) is 61.2 Å². The normalized spacial score (nSPS) is 14.5. The molecular weight excluding hydrogens is 414 g/mol. The van der Waals surface area contributed by atoms with Gasteiger partial charge in [-0.1, -0.05) is 30.3 Å². The van der Waals surface area contributed by atoms with E-state index in [0.29, 0.717) is 17.3 Å². The van der Waals surface area contributed by atoms with Crippen molar-refractivity contribution in [3.63, 3.8) is 0 Å². The van der Waals surface area contributed by atoms with Crippen molar-refractivity contribution in [3.8, 4) is 11.4 Å². The Bertz CT molecular complexity index is 973. The summed E-state index contributed by atoms with van der Waals surface area (Å²) in [6, 6.07) is 16.0. The lowest BCUT2D eigenvalue weighted by Crippen LogP contribution is -2.46. The quantitative estimate of drug-likeness (QED) is 0.636. The number of carbonyl (C=O) groups excluding carboxylic acids is 1. The van der Waals surface area contributed by atoms with Gasteiger partial charge in [-0.2, -0.15) is 5.10 Å². The van der Waals surface area contributed by atoms with Gasteiger partial charge in [-0.15, -0.1) is 12.4 Å². The monoisotopic (exact) mass is 441 g/mol. The summed E-state index contributed by atoms with van der Waals surface area (Å²) in [4.78, 5) is 21.1. The zero-order valence-corrected chi connectivity index (χ0v) is 18.4. The van der Waals surface area contributed by atoms with Gasteiger partial charge in [0.2, 0.25) is 0 Å². The summed E-state index contributed by atoms with van der Waals surface area (Å²) >= 11 is 0. The van der Waals surface area contributed by atoms with Gasteiger partial charge in [-0.25, -0.2) is 9.67 Å². The zero-order valence-electron chi connectivity index (χ0n) is 17.6. The summed E-state index contributed by atoms with van der Waals surface area (Å²) in [5.74, 6) is -0.0253. The fraction of sp³-hybridized carbons (Fsp3) is 0.348. The summed E-state index contributed by atoms with van der Waals surface area (Å²) in [6.45, 7) is 2.47. The molecule has 4 rings (SSSR count). The average molecular weight is 442 g/mol. The lowest BCUT2D eigenvalue weighted by atomic mass is 10.0. The minimum atomic E-state index is -0.0409. The van der Waals surface area contributed by atoms with E-state index in [2.05, 4.69) is 46.3 Å². The smallest absolute Gasteiger partial charge is 0.253 e. The van der Waals surface area contributed by atoms with Crippen molar-refractivity contribution in [3.05, 3.63) is 72.3 Å². The predicted octanol–water partition coefficient (Wildman–Crippen LogP) is 3.17. The van der Waals surface area contributed by atoms with Gasteiger partial charge < -0.3 is 14.9 Å². The standard InChI is InChI=1S/C23H27N5O2.ClH/c1-26(12-9-18-5-3-2-4-6-18)20-10-13-27(14-11-20)23(30)19-7-8-21(22(29)15-19)28-17-24-16-25-28;/h2-8,15-17,20,29H,9-14H2,1H3;1H. The lowest BCUT2D eigenvalue weighted by Gasteiger charge is -2.37. The van der Waals surface area contributed by atoms with E-state index >= 15 is 0 Å². The van der Waals surface area contributed by atoms with Crippen molar-refractivity contribution in [2.24, 2.45) is 0 Å². The Balaban J connectivity index is 0.00000272. The molecule has 0 radical (unpaired) electrons. The molecule has 1 fully saturated rings. The second-order valence-electron chi connectivity index (χ2n) is 7.78. The van der Waals surface area contributed by atoms with E-state index in [1.54, 1.807) is 12.1 Å². The molecule has 1 amide bonds. The number of amides is 1. The molecule has 1 aliphatic rings. The maximum absolute atomic E-state index is 12.9. The summed E-state index contributed by atoms with van der Waals surface area (Å²) in [6.07, 6.45) is 5.86. The Morgan fingerprint density at radius 2 is 1.90 bits per heavy atom. The number of likely N-dealkylation sites (N-methyl/N-ethyl adjacent to an activating group) is 1. The molecule has 0 unspecified atom stereocenters. The molecule has 1 aromatic heterocycles. The van der Waals surface area contributed by atoms with Crippen LogP contribution in [0, 0.1) is 0 Å². The third-order valence-electron chi connectivity index (χ3n) is 5.86. The van der Waals surface area contributed by atoms with E-state index in [1.165, 1.54) is 29.0 Å². The molecule has 0 aliphatic carbocycles. The second kappa shape index (κ2) is 10.4. The number of halogens is 1. The number of phenols is 1. The summed E-state index contributed by atoms with van der Waals surface area (Å²) in [5.41, 5.74) is 2.35. The predicted molar refractivity (Wildman–Crippen MR) is 122 cm³/mol. The molecule has 0 saturated carbocycles. The highest BCUT2D eigenvalue weighted by molar-refractivity contribution is 5.95. The number of likely N-dealkylation sites (tertiary alicyclic amines) is 1. The van der Waals surface area contributed by atoms with Crippen LogP contribution in [0.4, 0.5) is 0 Å². The Kier molecular flexibility index (Phi) is 7.65. The molecule has 0 atom stereocenters. The molecule has 2 aromatic carbocycles. The Morgan fingerprint density at radius 1 is 1.16 bits per heavy atom. The number of aromatic nitrogens is 3. The number of hydrogen-bond acceptors (Lipinski definition) is 5. The minimum Gasteiger partial charge on any atom is -0.506 e. The topological polar surface area (TPSA) is 74.5 Å². The highest BCUT2D eigenvalue weighted by atomic mass is 35.5. The number of nitrogens with zero attached hydrogens (tertiary/aromatic N) is 5. The first-order chi connectivity index (χ1) is 14.6. The molecule has 3 aromatic rings. The maximum atomic E-state index is 12.9. The van der Waals surface area contributed by atoms with Crippen molar-refractivity contribution in [1.82, 2.24) is 24.6 Å². The first-order valence-corrected chi connectivity index (χ1v) is 10.3. The van der Waals surface area contributed by atoms with Crippen LogP contribution < -0.4 is 0 Å². The second-order valence-corrected chi connectivity index (χ2v) is 7.78. The molecule has 164 valence electrons. The van der Waals surface area contributed by atoms with Gasteiger partial charge in [0, 0.05) is 31.2 Å². The van der Waals surface area contributed by atoms with Gasteiger partial charge in [-0.05, 0) is 50.1 Å². The van der Waals surface area contributed by atoms with Crippen LogP contribution in [0.2, 0.25) is 0 Å². The van der Waals surface area contributed by atoms with Gasteiger partial charge in [0.05, 0.1) is 0 Å². The van der Waals surface area contributed by atoms with Crippen LogP contribution in [-0.2, 0) is 6.42 Å². The Hall–Kier alpha value is -2.90. The van der Waals surface area contributed by atoms with Crippen molar-refractivity contribution >= 4 is 18.3 Å². The maximum Gasteiger partial charge on any atom is 0.253 e. The number of hydrogen-bond donors (Lipinski definition) is 1. The molecule has 1 N–H and O–H groups in total. The van der Waals surface area contributed by atoms with E-state index in [-0.39, 0.29) is 24.1 Å². The highest BCUT2D eigenvalue weighted by Gasteiger charge is 2.26. The number of phenolic OH excluding ortho intramolecular Hbond substituents is 1. The molecule has 1 aliphatic heterocycles. The summed E-state index contributed by atoms with van der Waals surface area (Å²) in [5, 5.41) is 14.3. The minimum absolute atomic E-state index is 0. The molecule has 2 heterocycles. The van der Waals surface area contributed by atoms with Gasteiger partial charge in [-0.3, -0.25) is 4.79 Å². The van der Waals surface area contributed by atoms with Gasteiger partial charge in [0.1, 0.15) is 24.1 Å². The van der Waals surface area contributed by atoms with Gasteiger partial charge in [0.15, 0.2) is 0 Å². The van der Waals surface area contributed by atoms with Crippen LogP contribution in [0.25, 0.3) is 5.69 Å². The van der Waals surface area contributed by atoms with E-state index in [4.69, 9.17) is 0 Å². The molecular formula is C23H28ClN5O2. The fourth-order valence-electron chi connectivity index (χ4n) is 4.01. The molecule has 0 spiro atoms. The Labute approximate surface area is 188 Å². The molecule has 31 heavy (non-hydrogen) atoms. The van der Waals surface area contributed by atoms with E-state index in [1.807, 2.05) is 11.0 Å². The molecule has 7 nitrogen and oxygen atoms in total. The van der Waals surface area contributed by atoms with Crippen molar-refractivity contribution in [1.29, 1.82) is 0 Å². The summed E-state index contributed by atoms with van der Waals surface area (Å²) < 4.78 is 1.47. The SMILES string of the molecule is CN(CCc1ccccc1)C1CCN(C(=O)c2ccc(-n3cncn3)c(O)c2)CC1.Cl. The number of aromatic hydroxyl groups is 1. The zero-order chi connectivity index (χ0) is 20.9. The van der Waals surface area contributed by atoms with Crippen LogP contribution >= 0.6 is 12.4 Å². The van der Waals surface area contributed by atoms with Gasteiger partial charge >= 0.3 is 0 Å². The number of carbonyl (C=O) groups is 1. The van der Waals surface area contributed by atoms with Crippen LogP contribution in [-0.4, -0.2) is 68.3 Å². The molecule has 1 saturated heterocycles. The van der Waals surface area contributed by atoms with Crippen LogP contribution in [0.3, 0.4) is 0 Å².